The molecule has 2 bridgehead atoms. The molecule has 0 spiro atoms. The van der Waals surface area contributed by atoms with Gasteiger partial charge >= 0.3 is 5.97 Å². The van der Waals surface area contributed by atoms with Gasteiger partial charge in [-0.05, 0) is 0 Å². The number of ether oxygens (including phenoxy) is 1. The molecule has 2 rings (SSSR count). The van der Waals surface area contributed by atoms with Gasteiger partial charge in [-0.3, -0.25) is 9.59 Å². The summed E-state index contributed by atoms with van der Waals surface area (Å²) in [6.07, 6.45) is 0. The Labute approximate surface area is 88.0 Å². The van der Waals surface area contributed by atoms with Crippen LogP contribution in [0.25, 0.3) is 0 Å². The maximum absolute atomic E-state index is 11.2. The quantitative estimate of drug-likeness (QED) is 0.655. The summed E-state index contributed by atoms with van der Waals surface area (Å²) in [7, 11) is 0. The zero-order valence-corrected chi connectivity index (χ0v) is 8.68. The number of piperidine rings is 1. The number of carbonyl (C=O) groups excluding carboxylic acids is 1. The number of carboxylic acids is 1. The molecule has 1 amide bonds. The predicted molar refractivity (Wildman–Crippen MR) is 51.2 cm³/mol. The number of aliphatic carboxylic acids is 1. The minimum atomic E-state index is -0.753. The highest BCUT2D eigenvalue weighted by Crippen LogP contribution is 2.33. The second-order valence-corrected chi connectivity index (χ2v) is 4.35. The summed E-state index contributed by atoms with van der Waals surface area (Å²) in [5.41, 5.74) is 0. The van der Waals surface area contributed by atoms with E-state index in [0.29, 0.717) is 26.3 Å². The molecule has 2 heterocycles. The molecule has 2 aliphatic rings. The Bertz CT molecular complexity index is 277. The molecule has 0 radical (unpaired) electrons. The summed E-state index contributed by atoms with van der Waals surface area (Å²) in [4.78, 5) is 24.1. The molecule has 2 saturated heterocycles. The van der Waals surface area contributed by atoms with E-state index < -0.39 is 5.97 Å². The number of nitrogens with zero attached hydrogens (tertiary/aromatic N) is 1. The van der Waals surface area contributed by atoms with E-state index in [1.165, 1.54) is 6.92 Å². The van der Waals surface area contributed by atoms with Crippen molar-refractivity contribution in [3.8, 4) is 0 Å². The molecule has 2 fully saturated rings. The van der Waals surface area contributed by atoms with Crippen LogP contribution >= 0.6 is 0 Å². The third kappa shape index (κ3) is 1.84. The van der Waals surface area contributed by atoms with Gasteiger partial charge in [0.25, 0.3) is 0 Å². The van der Waals surface area contributed by atoms with Crippen LogP contribution in [0.4, 0.5) is 0 Å². The summed E-state index contributed by atoms with van der Waals surface area (Å²) in [6, 6.07) is 0. The molecule has 5 nitrogen and oxygen atoms in total. The van der Waals surface area contributed by atoms with E-state index in [1.54, 1.807) is 4.90 Å². The Morgan fingerprint density at radius 3 is 2.20 bits per heavy atom. The number of carbonyl (C=O) groups is 2. The highest BCUT2D eigenvalue weighted by atomic mass is 16.5. The molecule has 0 saturated carbocycles. The molecule has 0 aromatic rings. The highest BCUT2D eigenvalue weighted by Gasteiger charge is 2.44. The smallest absolute Gasteiger partial charge is 0.307 e. The van der Waals surface area contributed by atoms with Gasteiger partial charge in [-0.2, -0.15) is 0 Å². The first-order valence-corrected chi connectivity index (χ1v) is 5.15. The molecule has 2 atom stereocenters. The van der Waals surface area contributed by atoms with Gasteiger partial charge in [-0.25, -0.2) is 0 Å². The van der Waals surface area contributed by atoms with Gasteiger partial charge in [0.2, 0.25) is 5.91 Å². The van der Waals surface area contributed by atoms with Gasteiger partial charge in [-0.1, -0.05) is 0 Å². The van der Waals surface area contributed by atoms with Crippen LogP contribution in [0.1, 0.15) is 6.92 Å². The lowest BCUT2D eigenvalue weighted by Crippen LogP contribution is -2.55. The second kappa shape index (κ2) is 3.81. The van der Waals surface area contributed by atoms with Crippen LogP contribution < -0.4 is 0 Å². The Kier molecular flexibility index (Phi) is 2.65. The number of hydrogen-bond donors (Lipinski definition) is 1. The summed E-state index contributed by atoms with van der Waals surface area (Å²) in [6.45, 7) is 3.47. The number of amides is 1. The van der Waals surface area contributed by atoms with Crippen molar-refractivity contribution in [3.63, 3.8) is 0 Å². The van der Waals surface area contributed by atoms with Crippen molar-refractivity contribution in [3.05, 3.63) is 0 Å². The second-order valence-electron chi connectivity index (χ2n) is 4.35. The van der Waals surface area contributed by atoms with Gasteiger partial charge < -0.3 is 14.7 Å². The Hall–Kier alpha value is -1.10. The third-order valence-corrected chi connectivity index (χ3v) is 3.32. The first-order chi connectivity index (χ1) is 7.09. The Balaban J connectivity index is 2.15. The zero-order valence-electron chi connectivity index (χ0n) is 8.68. The van der Waals surface area contributed by atoms with E-state index in [2.05, 4.69) is 0 Å². The van der Waals surface area contributed by atoms with Crippen LogP contribution in [0.15, 0.2) is 0 Å². The lowest BCUT2D eigenvalue weighted by Gasteiger charge is -2.44. The van der Waals surface area contributed by atoms with Gasteiger partial charge in [-0.15, -0.1) is 0 Å². The fourth-order valence-electron chi connectivity index (χ4n) is 2.60. The summed E-state index contributed by atoms with van der Waals surface area (Å²) >= 11 is 0. The summed E-state index contributed by atoms with van der Waals surface area (Å²) < 4.78 is 5.34. The van der Waals surface area contributed by atoms with E-state index in [9.17, 15) is 9.59 Å². The minimum absolute atomic E-state index is 0.0238. The van der Waals surface area contributed by atoms with Crippen molar-refractivity contribution < 1.29 is 19.4 Å². The van der Waals surface area contributed by atoms with Crippen LogP contribution in [0, 0.1) is 17.8 Å². The zero-order chi connectivity index (χ0) is 11.0. The minimum Gasteiger partial charge on any atom is -0.481 e. The van der Waals surface area contributed by atoms with Crippen molar-refractivity contribution in [2.45, 2.75) is 6.92 Å². The van der Waals surface area contributed by atoms with Crippen molar-refractivity contribution in [1.82, 2.24) is 4.90 Å². The van der Waals surface area contributed by atoms with Crippen LogP contribution in [0.2, 0.25) is 0 Å². The average Bonchev–Trinajstić information content (AvgIpc) is 2.15. The molecular formula is C10H15NO4. The van der Waals surface area contributed by atoms with Gasteiger partial charge in [0.15, 0.2) is 0 Å². The van der Waals surface area contributed by atoms with Crippen molar-refractivity contribution >= 4 is 11.9 Å². The van der Waals surface area contributed by atoms with Crippen molar-refractivity contribution in [1.29, 1.82) is 0 Å². The molecule has 2 aliphatic heterocycles. The number of fused-ring (bicyclic) bond motifs is 2. The van der Waals surface area contributed by atoms with Gasteiger partial charge in [0.1, 0.15) is 0 Å². The summed E-state index contributed by atoms with van der Waals surface area (Å²) in [5, 5.41) is 9.11. The van der Waals surface area contributed by atoms with E-state index in [1.807, 2.05) is 0 Å². The lowest BCUT2D eigenvalue weighted by molar-refractivity contribution is -0.164. The number of rotatable bonds is 1. The molecule has 0 aromatic carbocycles. The first kappa shape index (κ1) is 10.4. The first-order valence-electron chi connectivity index (χ1n) is 5.15. The van der Waals surface area contributed by atoms with Crippen LogP contribution in [0.3, 0.4) is 0 Å². The monoisotopic (exact) mass is 213 g/mol. The largest absolute Gasteiger partial charge is 0.481 e. The lowest BCUT2D eigenvalue weighted by atomic mass is 9.76. The Morgan fingerprint density at radius 2 is 1.80 bits per heavy atom. The highest BCUT2D eigenvalue weighted by molar-refractivity contribution is 5.75. The van der Waals surface area contributed by atoms with E-state index in [4.69, 9.17) is 9.84 Å². The Morgan fingerprint density at radius 1 is 1.27 bits per heavy atom. The van der Waals surface area contributed by atoms with Crippen LogP contribution in [0.5, 0.6) is 0 Å². The molecule has 0 aromatic heterocycles. The third-order valence-electron chi connectivity index (χ3n) is 3.32. The fraction of sp³-hybridized carbons (Fsp3) is 0.800. The summed E-state index contributed by atoms with van der Waals surface area (Å²) in [5.74, 6) is -1.15. The standard InChI is InChI=1S/C10H15NO4/c1-6(12)11-2-7-4-15-5-8(3-11)9(7)10(13)14/h7-9H,2-5H2,1H3,(H,13,14). The van der Waals surface area contributed by atoms with Gasteiger partial charge in [0.05, 0.1) is 19.1 Å². The van der Waals surface area contributed by atoms with Crippen molar-refractivity contribution in [2.75, 3.05) is 26.3 Å². The molecule has 1 N–H and O–H groups in total. The normalized spacial score (nSPS) is 35.0. The van der Waals surface area contributed by atoms with Crippen molar-refractivity contribution in [2.24, 2.45) is 17.8 Å². The van der Waals surface area contributed by atoms with E-state index in [0.717, 1.165) is 0 Å². The fourth-order valence-corrected chi connectivity index (χ4v) is 2.60. The van der Waals surface area contributed by atoms with E-state index >= 15 is 0 Å². The maximum Gasteiger partial charge on any atom is 0.307 e. The maximum atomic E-state index is 11.2. The predicted octanol–water partition coefficient (Wildman–Crippen LogP) is -0.188. The molecule has 5 heteroatoms. The molecule has 2 unspecified atom stereocenters. The average molecular weight is 213 g/mol. The number of carboxylic acid groups (broad SMARTS) is 1. The van der Waals surface area contributed by atoms with E-state index in [-0.39, 0.29) is 23.7 Å². The molecule has 0 aliphatic carbocycles. The van der Waals surface area contributed by atoms with Gasteiger partial charge in [0, 0.05) is 31.8 Å². The van der Waals surface area contributed by atoms with Crippen LogP contribution in [-0.4, -0.2) is 48.2 Å². The molecular weight excluding hydrogens is 198 g/mol. The molecule has 15 heavy (non-hydrogen) atoms. The van der Waals surface area contributed by atoms with Crippen LogP contribution in [-0.2, 0) is 14.3 Å². The number of likely N-dealkylation sites (tertiary alicyclic amines) is 1. The number of hydrogen-bond acceptors (Lipinski definition) is 3. The topological polar surface area (TPSA) is 66.8 Å². The molecule has 84 valence electrons. The SMILES string of the molecule is CC(=O)N1CC2COCC(C1)C2C(=O)O.